The van der Waals surface area contributed by atoms with E-state index in [1.807, 2.05) is 0 Å². The van der Waals surface area contributed by atoms with Crippen molar-refractivity contribution >= 4 is 29.5 Å². The second kappa shape index (κ2) is 5.51. The molecule has 0 fully saturated rings. The van der Waals surface area contributed by atoms with E-state index in [0.717, 1.165) is 10.9 Å². The van der Waals surface area contributed by atoms with Gasteiger partial charge in [0.2, 0.25) is 6.33 Å². The minimum Gasteiger partial charge on any atom is -0.369 e. The van der Waals surface area contributed by atoms with Gasteiger partial charge in [-0.3, -0.25) is 4.57 Å². The topological polar surface area (TPSA) is 50.2 Å². The quantitative estimate of drug-likeness (QED) is 0.489. The Bertz CT molecular complexity index is 686. The summed E-state index contributed by atoms with van der Waals surface area (Å²) in [6.45, 7) is 2.42. The lowest BCUT2D eigenvalue weighted by Gasteiger charge is -2.07. The Morgan fingerprint density at radius 1 is 1.43 bits per heavy atom. The van der Waals surface area contributed by atoms with Crippen molar-refractivity contribution in [2.45, 2.75) is 12.7 Å². The first kappa shape index (κ1) is 14.9. The third-order valence-corrected chi connectivity index (χ3v) is 2.54. The van der Waals surface area contributed by atoms with Crippen LogP contribution in [0.1, 0.15) is 0 Å². The molecule has 112 valence electrons. The highest BCUT2D eigenvalue weighted by Gasteiger charge is 2.31. The molecule has 0 bridgehead atoms. The summed E-state index contributed by atoms with van der Waals surface area (Å²) in [7, 11) is 3.50. The van der Waals surface area contributed by atoms with Gasteiger partial charge < -0.3 is 4.90 Å². The molecule has 2 rings (SSSR count). The predicted octanol–water partition coefficient (Wildman–Crippen LogP) is 1.60. The van der Waals surface area contributed by atoms with Gasteiger partial charge in [0.1, 0.15) is 6.54 Å². The van der Waals surface area contributed by atoms with Gasteiger partial charge in [-0.05, 0) is 0 Å². The third kappa shape index (κ3) is 3.36. The van der Waals surface area contributed by atoms with Crippen molar-refractivity contribution in [1.29, 1.82) is 0 Å². The van der Waals surface area contributed by atoms with E-state index in [-0.39, 0.29) is 11.3 Å². The second-order valence-corrected chi connectivity index (χ2v) is 4.53. The summed E-state index contributed by atoms with van der Waals surface area (Å²) in [6, 6.07) is 0. The molecule has 2 heterocycles. The summed E-state index contributed by atoms with van der Waals surface area (Å²) in [5.74, 6) is 0.165. The SMILES string of the molecule is C=C[n+]1cnc(/N=C/N(C)C)c2c1ncn2CC(F)(F)F. The molecular weight excluding hydrogens is 285 g/mol. The minimum absolute atomic E-state index is 0.165. The molecule has 0 saturated carbocycles. The van der Waals surface area contributed by atoms with Gasteiger partial charge in [0.25, 0.3) is 11.5 Å². The Kier molecular flexibility index (Phi) is 3.92. The number of hydrogen-bond donors (Lipinski definition) is 0. The van der Waals surface area contributed by atoms with E-state index in [4.69, 9.17) is 0 Å². The first-order valence-electron chi connectivity index (χ1n) is 5.96. The van der Waals surface area contributed by atoms with Crippen LogP contribution in [0.5, 0.6) is 0 Å². The minimum atomic E-state index is -4.36. The fraction of sp³-hybridized carbons (Fsp3) is 0.333. The first-order chi connectivity index (χ1) is 9.81. The van der Waals surface area contributed by atoms with Crippen molar-refractivity contribution in [3.63, 3.8) is 0 Å². The van der Waals surface area contributed by atoms with Crippen LogP contribution in [0.3, 0.4) is 0 Å². The van der Waals surface area contributed by atoms with Gasteiger partial charge in [-0.1, -0.05) is 16.5 Å². The second-order valence-electron chi connectivity index (χ2n) is 4.53. The molecule has 0 unspecified atom stereocenters. The van der Waals surface area contributed by atoms with Crippen LogP contribution in [0.15, 0.2) is 24.2 Å². The lowest BCUT2D eigenvalue weighted by molar-refractivity contribution is -0.544. The van der Waals surface area contributed by atoms with Crippen molar-refractivity contribution < 1.29 is 17.7 Å². The zero-order valence-electron chi connectivity index (χ0n) is 11.5. The van der Waals surface area contributed by atoms with E-state index < -0.39 is 12.7 Å². The van der Waals surface area contributed by atoms with Gasteiger partial charge >= 0.3 is 6.18 Å². The Labute approximate surface area is 118 Å². The first-order valence-corrected chi connectivity index (χ1v) is 5.96. The molecule has 0 aromatic carbocycles. The molecule has 0 N–H and O–H groups in total. The summed E-state index contributed by atoms with van der Waals surface area (Å²) >= 11 is 0. The van der Waals surface area contributed by atoms with E-state index in [1.54, 1.807) is 19.0 Å². The average Bonchev–Trinajstić information content (AvgIpc) is 2.78. The molecule has 0 saturated heterocycles. The molecule has 9 heteroatoms. The van der Waals surface area contributed by atoms with E-state index in [0.29, 0.717) is 5.65 Å². The fourth-order valence-electron chi connectivity index (χ4n) is 1.73. The van der Waals surface area contributed by atoms with Crippen LogP contribution in [-0.2, 0) is 6.54 Å². The predicted molar refractivity (Wildman–Crippen MR) is 72.0 cm³/mol. The van der Waals surface area contributed by atoms with E-state index >= 15 is 0 Å². The summed E-state index contributed by atoms with van der Waals surface area (Å²) in [5.41, 5.74) is 0.517. The number of aliphatic imine (C=N–C) groups is 1. The lowest BCUT2D eigenvalue weighted by atomic mass is 10.4. The Morgan fingerprint density at radius 3 is 2.71 bits per heavy atom. The average molecular weight is 299 g/mol. The summed E-state index contributed by atoms with van der Waals surface area (Å²) in [6.07, 6.45) is 1.05. The van der Waals surface area contributed by atoms with Gasteiger partial charge in [0.05, 0.1) is 12.5 Å². The molecule has 21 heavy (non-hydrogen) atoms. The number of imidazole rings is 1. The molecule has 0 atom stereocenters. The van der Waals surface area contributed by atoms with Crippen LogP contribution in [0.4, 0.5) is 19.0 Å². The van der Waals surface area contributed by atoms with Gasteiger partial charge in [-0.15, -0.1) is 0 Å². The molecule has 0 aliphatic heterocycles. The molecular formula is C12H14F3N6+. The van der Waals surface area contributed by atoms with Crippen molar-refractivity contribution in [1.82, 2.24) is 19.4 Å². The van der Waals surface area contributed by atoms with E-state index in [2.05, 4.69) is 21.5 Å². The van der Waals surface area contributed by atoms with E-state index in [1.165, 1.54) is 23.4 Å². The van der Waals surface area contributed by atoms with Crippen LogP contribution >= 0.6 is 0 Å². The van der Waals surface area contributed by atoms with Crippen LogP contribution in [-0.4, -0.2) is 46.0 Å². The van der Waals surface area contributed by atoms with Crippen molar-refractivity contribution in [2.24, 2.45) is 4.99 Å². The third-order valence-electron chi connectivity index (χ3n) is 2.54. The van der Waals surface area contributed by atoms with E-state index in [9.17, 15) is 13.2 Å². The van der Waals surface area contributed by atoms with Gasteiger partial charge in [0.15, 0.2) is 11.8 Å². The Hall–Kier alpha value is -2.45. The fourth-order valence-corrected chi connectivity index (χ4v) is 1.73. The van der Waals surface area contributed by atoms with Gasteiger partial charge in [-0.25, -0.2) is 9.56 Å². The maximum Gasteiger partial charge on any atom is 0.406 e. The zero-order valence-corrected chi connectivity index (χ0v) is 11.5. The van der Waals surface area contributed by atoms with Gasteiger partial charge in [0, 0.05) is 14.1 Å². The molecule has 2 aromatic rings. The highest BCUT2D eigenvalue weighted by Crippen LogP contribution is 2.24. The lowest BCUT2D eigenvalue weighted by Crippen LogP contribution is -2.27. The van der Waals surface area contributed by atoms with Crippen LogP contribution in [0.2, 0.25) is 0 Å². The van der Waals surface area contributed by atoms with Crippen molar-refractivity contribution in [3.05, 3.63) is 19.2 Å². The van der Waals surface area contributed by atoms with Crippen molar-refractivity contribution in [2.75, 3.05) is 14.1 Å². The molecule has 2 aromatic heterocycles. The maximum atomic E-state index is 12.6. The van der Waals surface area contributed by atoms with Crippen LogP contribution in [0.25, 0.3) is 17.4 Å². The van der Waals surface area contributed by atoms with Gasteiger partial charge in [-0.2, -0.15) is 13.2 Å². The highest BCUT2D eigenvalue weighted by atomic mass is 19.4. The number of fused-ring (bicyclic) bond motifs is 1. The van der Waals surface area contributed by atoms with Crippen molar-refractivity contribution in [3.8, 4) is 0 Å². The highest BCUT2D eigenvalue weighted by molar-refractivity contribution is 5.81. The smallest absolute Gasteiger partial charge is 0.369 e. The number of nitrogens with zero attached hydrogens (tertiary/aromatic N) is 6. The molecule has 0 radical (unpaired) electrons. The number of alkyl halides is 3. The molecule has 0 spiro atoms. The number of aromatic nitrogens is 4. The normalized spacial score (nSPS) is 12.2. The summed E-state index contributed by atoms with van der Waals surface area (Å²) in [4.78, 5) is 13.8. The molecule has 6 nitrogen and oxygen atoms in total. The standard InChI is InChI=1S/C12H14F3N6/c1-4-20-7-17-10(16-6-19(2)3)9-11(20)18-8-21(9)5-12(13,14)15/h4,6-8H,1,5H2,2-3H3/q+1. The zero-order chi connectivity index (χ0) is 15.6. The van der Waals surface area contributed by atoms with Crippen LogP contribution in [0, 0.1) is 0 Å². The molecule has 0 amide bonds. The molecule has 0 aliphatic carbocycles. The number of rotatable bonds is 4. The largest absolute Gasteiger partial charge is 0.406 e. The monoisotopic (exact) mass is 299 g/mol. The summed E-state index contributed by atoms with van der Waals surface area (Å²) < 4.78 is 40.3. The Balaban J connectivity index is 2.63. The number of halogens is 3. The Morgan fingerprint density at radius 2 is 2.14 bits per heavy atom. The molecule has 0 aliphatic rings. The number of hydrogen-bond acceptors (Lipinski definition) is 3. The summed E-state index contributed by atoms with van der Waals surface area (Å²) in [5, 5.41) is 0. The maximum absolute atomic E-state index is 12.6. The van der Waals surface area contributed by atoms with Crippen LogP contribution < -0.4 is 4.57 Å².